The lowest BCUT2D eigenvalue weighted by Gasteiger charge is -2.37. The highest BCUT2D eigenvalue weighted by molar-refractivity contribution is 5.89. The molecule has 6 heteroatoms. The number of halogens is 1. The number of likely N-dealkylation sites (N-methyl/N-ethyl adjacent to an activating group) is 1. The second-order valence-electron chi connectivity index (χ2n) is 4.48. The van der Waals surface area contributed by atoms with Crippen molar-refractivity contribution >= 4 is 11.8 Å². The number of alkyl halides is 1. The number of aliphatic carboxylic acids is 1. The van der Waals surface area contributed by atoms with Crippen LogP contribution in [0.15, 0.2) is 0 Å². The molecule has 0 saturated heterocycles. The summed E-state index contributed by atoms with van der Waals surface area (Å²) in [6.07, 6.45) is -3.06. The van der Waals surface area contributed by atoms with Crippen LogP contribution < -0.4 is 5.11 Å². The number of aliphatic hydroxyl groups is 1. The van der Waals surface area contributed by atoms with Crippen LogP contribution >= 0.6 is 0 Å². The molecule has 0 aliphatic heterocycles. The van der Waals surface area contributed by atoms with Gasteiger partial charge in [0.15, 0.2) is 5.78 Å². The standard InChI is InChI=1S/C9H16FNO4/c1-6(12)9(15,5-7(13)14)8(10)11(2,3)4/h8,15H,5H2,1-4H3/t8?,9-/m0/s1. The van der Waals surface area contributed by atoms with Crippen LogP contribution in [0.2, 0.25) is 0 Å². The van der Waals surface area contributed by atoms with E-state index in [0.29, 0.717) is 0 Å². The van der Waals surface area contributed by atoms with Crippen LogP contribution in [0, 0.1) is 0 Å². The molecule has 88 valence electrons. The van der Waals surface area contributed by atoms with Crippen molar-refractivity contribution < 1.29 is 28.7 Å². The van der Waals surface area contributed by atoms with E-state index in [1.165, 1.54) is 21.1 Å². The van der Waals surface area contributed by atoms with E-state index >= 15 is 0 Å². The number of quaternary nitrogens is 1. The lowest BCUT2D eigenvalue weighted by atomic mass is 9.92. The average Bonchev–Trinajstić information content (AvgIpc) is 1.99. The van der Waals surface area contributed by atoms with Gasteiger partial charge in [-0.15, -0.1) is 0 Å². The second-order valence-corrected chi connectivity index (χ2v) is 4.48. The SMILES string of the molecule is CC(=O)[C@@](O)(CC(=O)[O-])C(F)[N+](C)(C)C. The Balaban J connectivity index is 5.12. The molecule has 0 aliphatic carbocycles. The van der Waals surface area contributed by atoms with Crippen molar-refractivity contribution in [2.75, 3.05) is 21.1 Å². The smallest absolute Gasteiger partial charge is 0.267 e. The molecular formula is C9H16FNO4. The first-order valence-electron chi connectivity index (χ1n) is 4.40. The van der Waals surface area contributed by atoms with Crippen LogP contribution in [0.3, 0.4) is 0 Å². The van der Waals surface area contributed by atoms with Crippen LogP contribution in [-0.4, -0.2) is 54.4 Å². The molecule has 0 aliphatic rings. The maximum atomic E-state index is 13.8. The highest BCUT2D eigenvalue weighted by Gasteiger charge is 2.49. The van der Waals surface area contributed by atoms with Gasteiger partial charge in [-0.3, -0.25) is 9.28 Å². The summed E-state index contributed by atoms with van der Waals surface area (Å²) in [7, 11) is 4.23. The molecule has 0 rings (SSSR count). The first-order valence-corrected chi connectivity index (χ1v) is 4.40. The van der Waals surface area contributed by atoms with Crippen molar-refractivity contribution in [2.24, 2.45) is 0 Å². The highest BCUT2D eigenvalue weighted by Crippen LogP contribution is 2.24. The zero-order valence-corrected chi connectivity index (χ0v) is 9.28. The van der Waals surface area contributed by atoms with Gasteiger partial charge in [0.25, 0.3) is 6.30 Å². The molecule has 2 atom stereocenters. The molecule has 0 aromatic rings. The zero-order chi connectivity index (χ0) is 12.4. The van der Waals surface area contributed by atoms with E-state index in [4.69, 9.17) is 0 Å². The minimum Gasteiger partial charge on any atom is -0.550 e. The van der Waals surface area contributed by atoms with Crippen molar-refractivity contribution in [3.05, 3.63) is 0 Å². The lowest BCUT2D eigenvalue weighted by Crippen LogP contribution is -2.61. The number of carboxylic acid groups (broad SMARTS) is 1. The summed E-state index contributed by atoms with van der Waals surface area (Å²) in [5.74, 6) is -2.59. The highest BCUT2D eigenvalue weighted by atomic mass is 19.1. The van der Waals surface area contributed by atoms with E-state index in [1.54, 1.807) is 0 Å². The van der Waals surface area contributed by atoms with Gasteiger partial charge in [0.1, 0.15) is 0 Å². The Hall–Kier alpha value is -1.01. The van der Waals surface area contributed by atoms with Crippen LogP contribution in [0.4, 0.5) is 4.39 Å². The Morgan fingerprint density at radius 3 is 2.07 bits per heavy atom. The van der Waals surface area contributed by atoms with Gasteiger partial charge in [-0.05, 0) is 6.92 Å². The van der Waals surface area contributed by atoms with Crippen molar-refractivity contribution in [1.29, 1.82) is 0 Å². The summed E-state index contributed by atoms with van der Waals surface area (Å²) in [6.45, 7) is 0.950. The molecule has 0 radical (unpaired) electrons. The van der Waals surface area contributed by atoms with Crippen molar-refractivity contribution in [2.45, 2.75) is 25.2 Å². The van der Waals surface area contributed by atoms with Crippen LogP contribution in [0.1, 0.15) is 13.3 Å². The van der Waals surface area contributed by atoms with E-state index < -0.39 is 30.1 Å². The van der Waals surface area contributed by atoms with E-state index in [2.05, 4.69) is 0 Å². The van der Waals surface area contributed by atoms with Gasteiger partial charge in [0.2, 0.25) is 5.60 Å². The van der Waals surface area contributed by atoms with Gasteiger partial charge in [0.05, 0.1) is 21.1 Å². The molecule has 15 heavy (non-hydrogen) atoms. The topological polar surface area (TPSA) is 77.4 Å². The Kier molecular flexibility index (Phi) is 3.95. The minimum atomic E-state index is -2.53. The molecule has 0 amide bonds. The van der Waals surface area contributed by atoms with Gasteiger partial charge in [-0.25, -0.2) is 0 Å². The number of carbonyl (C=O) groups excluding carboxylic acids is 2. The van der Waals surface area contributed by atoms with Crippen LogP contribution in [-0.2, 0) is 9.59 Å². The number of nitrogens with zero attached hydrogens (tertiary/aromatic N) is 1. The number of hydrogen-bond donors (Lipinski definition) is 1. The molecule has 0 bridgehead atoms. The van der Waals surface area contributed by atoms with Gasteiger partial charge in [-0.2, -0.15) is 4.39 Å². The molecule has 1 unspecified atom stereocenters. The van der Waals surface area contributed by atoms with Gasteiger partial charge >= 0.3 is 0 Å². The van der Waals surface area contributed by atoms with Crippen molar-refractivity contribution in [3.63, 3.8) is 0 Å². The monoisotopic (exact) mass is 221 g/mol. The first kappa shape index (κ1) is 14.0. The summed E-state index contributed by atoms with van der Waals surface area (Å²) < 4.78 is 13.4. The second kappa shape index (κ2) is 4.24. The third-order valence-electron chi connectivity index (χ3n) is 2.10. The normalized spacial score (nSPS) is 18.0. The molecular weight excluding hydrogens is 205 g/mol. The quantitative estimate of drug-likeness (QED) is 0.450. The number of carboxylic acids is 1. The van der Waals surface area contributed by atoms with Crippen LogP contribution in [0.25, 0.3) is 0 Å². The molecule has 0 aromatic heterocycles. The van der Waals surface area contributed by atoms with E-state index in [0.717, 1.165) is 6.92 Å². The fourth-order valence-corrected chi connectivity index (χ4v) is 1.24. The summed E-state index contributed by atoms with van der Waals surface area (Å²) in [4.78, 5) is 21.5. The third kappa shape index (κ3) is 3.24. The molecule has 0 aromatic carbocycles. The molecule has 0 fully saturated rings. The van der Waals surface area contributed by atoms with Crippen molar-refractivity contribution in [3.8, 4) is 0 Å². The summed E-state index contributed by atoms with van der Waals surface area (Å²) in [5.41, 5.74) is -2.53. The van der Waals surface area contributed by atoms with Crippen molar-refractivity contribution in [1.82, 2.24) is 0 Å². The molecule has 1 N–H and O–H groups in total. The Labute approximate surface area is 87.7 Å². The maximum absolute atomic E-state index is 13.8. The van der Waals surface area contributed by atoms with Gasteiger partial charge in [0, 0.05) is 12.4 Å². The molecule has 0 spiro atoms. The predicted molar refractivity (Wildman–Crippen MR) is 48.2 cm³/mol. The lowest BCUT2D eigenvalue weighted by molar-refractivity contribution is -0.917. The summed E-state index contributed by atoms with van der Waals surface area (Å²) in [5, 5.41) is 20.1. The fraction of sp³-hybridized carbons (Fsp3) is 0.778. The predicted octanol–water partition coefficient (Wildman–Crippen LogP) is -1.55. The van der Waals surface area contributed by atoms with E-state index in [9.17, 15) is 24.2 Å². The number of Topliss-reactive ketones (excluding diaryl/α,β-unsaturated/α-hetero) is 1. The third-order valence-corrected chi connectivity index (χ3v) is 2.10. The van der Waals surface area contributed by atoms with Crippen LogP contribution in [0.5, 0.6) is 0 Å². The number of carbonyl (C=O) groups is 2. The summed E-state index contributed by atoms with van der Waals surface area (Å²) >= 11 is 0. The van der Waals surface area contributed by atoms with E-state index in [1.807, 2.05) is 0 Å². The number of hydrogen-bond acceptors (Lipinski definition) is 4. The Bertz CT molecular complexity index is 274. The zero-order valence-electron chi connectivity index (χ0n) is 9.28. The Morgan fingerprint density at radius 2 is 1.87 bits per heavy atom. The fourth-order valence-electron chi connectivity index (χ4n) is 1.24. The number of ketones is 1. The van der Waals surface area contributed by atoms with Gasteiger partial charge in [-0.1, -0.05) is 0 Å². The largest absolute Gasteiger partial charge is 0.550 e. The van der Waals surface area contributed by atoms with E-state index in [-0.39, 0.29) is 4.48 Å². The Morgan fingerprint density at radius 1 is 1.47 bits per heavy atom. The number of rotatable bonds is 5. The molecule has 0 saturated carbocycles. The summed E-state index contributed by atoms with van der Waals surface area (Å²) in [6, 6.07) is 0. The molecule has 5 nitrogen and oxygen atoms in total. The average molecular weight is 221 g/mol. The van der Waals surface area contributed by atoms with Gasteiger partial charge < -0.3 is 15.0 Å². The molecule has 0 heterocycles. The maximum Gasteiger partial charge on any atom is 0.267 e. The minimum absolute atomic E-state index is 0.372. The first-order chi connectivity index (χ1) is 6.51.